The van der Waals surface area contributed by atoms with E-state index in [1.54, 1.807) is 6.20 Å². The Morgan fingerprint density at radius 1 is 1.03 bits per heavy atom. The van der Waals surface area contributed by atoms with Gasteiger partial charge < -0.3 is 9.47 Å². The summed E-state index contributed by atoms with van der Waals surface area (Å²) < 4.78 is 12.8. The van der Waals surface area contributed by atoms with Crippen molar-refractivity contribution in [1.82, 2.24) is 24.5 Å². The Kier molecular flexibility index (Phi) is 4.12. The molecule has 1 atom stereocenters. The summed E-state index contributed by atoms with van der Waals surface area (Å²) in [5, 5.41) is 4.79. The summed E-state index contributed by atoms with van der Waals surface area (Å²) in [6.45, 7) is 3.20. The van der Waals surface area contributed by atoms with Crippen molar-refractivity contribution in [1.29, 1.82) is 0 Å². The molecule has 0 saturated carbocycles. The molecule has 7 heteroatoms. The fourth-order valence-corrected chi connectivity index (χ4v) is 4.26. The molecule has 1 fully saturated rings. The molecule has 2 aliphatic rings. The van der Waals surface area contributed by atoms with Gasteiger partial charge in [-0.25, -0.2) is 9.50 Å². The van der Waals surface area contributed by atoms with Crippen LogP contribution in [0.2, 0.25) is 0 Å². The Bertz CT molecular complexity index is 1210. The highest BCUT2D eigenvalue weighted by molar-refractivity contribution is 5.63. The van der Waals surface area contributed by atoms with Gasteiger partial charge in [0.15, 0.2) is 23.0 Å². The molecule has 150 valence electrons. The number of hydrogen-bond acceptors (Lipinski definition) is 6. The van der Waals surface area contributed by atoms with Crippen LogP contribution in [0.3, 0.4) is 0 Å². The van der Waals surface area contributed by atoms with Gasteiger partial charge in [0.25, 0.3) is 0 Å². The summed E-state index contributed by atoms with van der Waals surface area (Å²) in [7, 11) is 0. The van der Waals surface area contributed by atoms with Crippen molar-refractivity contribution in [3.05, 3.63) is 72.4 Å². The minimum Gasteiger partial charge on any atom is -0.454 e. The maximum absolute atomic E-state index is 5.50. The smallest absolute Gasteiger partial charge is 0.231 e. The van der Waals surface area contributed by atoms with Crippen LogP contribution in [0.15, 0.2) is 61.1 Å². The molecule has 0 unspecified atom stereocenters. The molecule has 0 bridgehead atoms. The van der Waals surface area contributed by atoms with E-state index in [1.807, 2.05) is 35.1 Å². The van der Waals surface area contributed by atoms with Crippen molar-refractivity contribution in [2.75, 3.05) is 19.9 Å². The fourth-order valence-electron chi connectivity index (χ4n) is 4.26. The third kappa shape index (κ3) is 3.17. The molecule has 1 saturated heterocycles. The standard InChI is InChI=1S/C23H21N5O2/c1-2-17(11-24-8-1)18-4-6-22-25-23(26-28(22)14-18)19-7-9-27(13-19)12-16-3-5-20-21(10-16)30-15-29-20/h1-6,8,10-11,14,19H,7,9,12-13,15H2/t19-/m1/s1. The lowest BCUT2D eigenvalue weighted by atomic mass is 10.1. The number of benzene rings is 1. The highest BCUT2D eigenvalue weighted by Crippen LogP contribution is 2.34. The summed E-state index contributed by atoms with van der Waals surface area (Å²) in [5.41, 5.74) is 4.28. The number of fused-ring (bicyclic) bond motifs is 2. The van der Waals surface area contributed by atoms with Crippen LogP contribution < -0.4 is 9.47 Å². The molecule has 1 aromatic carbocycles. The van der Waals surface area contributed by atoms with Crippen LogP contribution in [-0.2, 0) is 6.54 Å². The van der Waals surface area contributed by atoms with Crippen LogP contribution in [0.4, 0.5) is 0 Å². The summed E-state index contributed by atoms with van der Waals surface area (Å²) in [5.74, 6) is 2.94. The van der Waals surface area contributed by atoms with Crippen LogP contribution in [0, 0.1) is 0 Å². The Labute approximate surface area is 173 Å². The van der Waals surface area contributed by atoms with Crippen LogP contribution >= 0.6 is 0 Å². The topological polar surface area (TPSA) is 64.8 Å². The van der Waals surface area contributed by atoms with Gasteiger partial charge in [-0.2, -0.15) is 5.10 Å². The van der Waals surface area contributed by atoms with Crippen LogP contribution in [0.1, 0.15) is 23.7 Å². The Morgan fingerprint density at radius 2 is 2.00 bits per heavy atom. The molecule has 0 spiro atoms. The number of rotatable bonds is 4. The van der Waals surface area contributed by atoms with E-state index in [0.29, 0.717) is 12.7 Å². The maximum atomic E-state index is 5.50. The second-order valence-electron chi connectivity index (χ2n) is 7.84. The molecular formula is C23H21N5O2. The molecule has 7 nitrogen and oxygen atoms in total. The zero-order chi connectivity index (χ0) is 19.9. The van der Waals surface area contributed by atoms with Gasteiger partial charge >= 0.3 is 0 Å². The average Bonchev–Trinajstić information content (AvgIpc) is 3.52. The highest BCUT2D eigenvalue weighted by atomic mass is 16.7. The van der Waals surface area contributed by atoms with E-state index in [-0.39, 0.29) is 0 Å². The Morgan fingerprint density at radius 3 is 2.93 bits per heavy atom. The van der Waals surface area contributed by atoms with Gasteiger partial charge in [-0.1, -0.05) is 12.1 Å². The van der Waals surface area contributed by atoms with Gasteiger partial charge in [-0.15, -0.1) is 0 Å². The second kappa shape index (κ2) is 7.11. The fraction of sp³-hybridized carbons (Fsp3) is 0.261. The lowest BCUT2D eigenvalue weighted by Gasteiger charge is -2.15. The number of nitrogens with zero attached hydrogens (tertiary/aromatic N) is 5. The quantitative estimate of drug-likeness (QED) is 0.523. The lowest BCUT2D eigenvalue weighted by Crippen LogP contribution is -2.20. The SMILES string of the molecule is c1cncc(-c2ccc3nc([C@@H]4CCN(Cc5ccc6c(c5)OCO6)C4)nn3c2)c1. The molecule has 6 rings (SSSR count). The van der Waals surface area contributed by atoms with E-state index in [4.69, 9.17) is 19.6 Å². The normalized spacial score (nSPS) is 18.3. The van der Waals surface area contributed by atoms with Crippen molar-refractivity contribution in [3.63, 3.8) is 0 Å². The molecule has 0 radical (unpaired) electrons. The number of hydrogen-bond donors (Lipinski definition) is 0. The zero-order valence-corrected chi connectivity index (χ0v) is 16.4. The molecule has 3 aromatic heterocycles. The number of pyridine rings is 2. The summed E-state index contributed by atoms with van der Waals surface area (Å²) in [6, 6.07) is 14.3. The Hall–Kier alpha value is -3.45. The van der Waals surface area contributed by atoms with Crippen molar-refractivity contribution < 1.29 is 9.47 Å². The van der Waals surface area contributed by atoms with Crippen LogP contribution in [0.5, 0.6) is 11.5 Å². The van der Waals surface area contributed by atoms with E-state index in [1.165, 1.54) is 5.56 Å². The van der Waals surface area contributed by atoms with E-state index >= 15 is 0 Å². The molecule has 0 amide bonds. The first-order valence-corrected chi connectivity index (χ1v) is 10.2. The van der Waals surface area contributed by atoms with Crippen molar-refractivity contribution in [3.8, 4) is 22.6 Å². The number of aromatic nitrogens is 4. The molecule has 4 aromatic rings. The third-order valence-electron chi connectivity index (χ3n) is 5.82. The monoisotopic (exact) mass is 399 g/mol. The minimum atomic E-state index is 0.312. The lowest BCUT2D eigenvalue weighted by molar-refractivity contribution is 0.174. The first-order chi connectivity index (χ1) is 14.8. The van der Waals surface area contributed by atoms with Crippen LogP contribution in [0.25, 0.3) is 16.8 Å². The van der Waals surface area contributed by atoms with Crippen molar-refractivity contribution in [2.45, 2.75) is 18.9 Å². The number of likely N-dealkylation sites (tertiary alicyclic amines) is 1. The third-order valence-corrected chi connectivity index (χ3v) is 5.82. The molecule has 0 aliphatic carbocycles. The molecular weight excluding hydrogens is 378 g/mol. The first kappa shape index (κ1) is 17.4. The van der Waals surface area contributed by atoms with E-state index < -0.39 is 0 Å². The van der Waals surface area contributed by atoms with Crippen LogP contribution in [-0.4, -0.2) is 44.4 Å². The highest BCUT2D eigenvalue weighted by Gasteiger charge is 2.27. The van der Waals surface area contributed by atoms with Crippen molar-refractivity contribution in [2.24, 2.45) is 0 Å². The van der Waals surface area contributed by atoms with E-state index in [0.717, 1.165) is 60.2 Å². The molecule has 2 aliphatic heterocycles. The van der Waals surface area contributed by atoms with Gasteiger partial charge in [-0.3, -0.25) is 9.88 Å². The summed E-state index contributed by atoms with van der Waals surface area (Å²) in [4.78, 5) is 11.5. The predicted molar refractivity (Wildman–Crippen MR) is 111 cm³/mol. The summed E-state index contributed by atoms with van der Waals surface area (Å²) >= 11 is 0. The van der Waals surface area contributed by atoms with E-state index in [9.17, 15) is 0 Å². The minimum absolute atomic E-state index is 0.312. The number of ether oxygens (including phenoxy) is 2. The second-order valence-corrected chi connectivity index (χ2v) is 7.84. The van der Waals surface area contributed by atoms with Gasteiger partial charge in [0.05, 0.1) is 0 Å². The predicted octanol–water partition coefficient (Wildman–Crippen LogP) is 3.51. The average molecular weight is 399 g/mol. The molecule has 30 heavy (non-hydrogen) atoms. The first-order valence-electron chi connectivity index (χ1n) is 10.2. The van der Waals surface area contributed by atoms with Gasteiger partial charge in [0.2, 0.25) is 6.79 Å². The van der Waals surface area contributed by atoms with E-state index in [2.05, 4.69) is 34.1 Å². The Balaban J connectivity index is 1.18. The van der Waals surface area contributed by atoms with Gasteiger partial charge in [0, 0.05) is 48.7 Å². The molecule has 5 heterocycles. The molecule has 0 N–H and O–H groups in total. The largest absolute Gasteiger partial charge is 0.454 e. The summed E-state index contributed by atoms with van der Waals surface area (Å²) in [6.07, 6.45) is 6.74. The maximum Gasteiger partial charge on any atom is 0.231 e. The van der Waals surface area contributed by atoms with Gasteiger partial charge in [0.1, 0.15) is 0 Å². The van der Waals surface area contributed by atoms with Gasteiger partial charge in [-0.05, 0) is 48.9 Å². The van der Waals surface area contributed by atoms with Crippen molar-refractivity contribution >= 4 is 5.65 Å². The zero-order valence-electron chi connectivity index (χ0n) is 16.4.